The van der Waals surface area contributed by atoms with Crippen LogP contribution in [0.15, 0.2) is 48.5 Å². The lowest BCUT2D eigenvalue weighted by molar-refractivity contribution is -0.118. The predicted octanol–water partition coefficient (Wildman–Crippen LogP) is 4.07. The summed E-state index contributed by atoms with van der Waals surface area (Å²) >= 11 is 1.46. The van der Waals surface area contributed by atoms with Crippen LogP contribution in [-0.4, -0.2) is 17.7 Å². The van der Waals surface area contributed by atoms with E-state index in [4.69, 9.17) is 0 Å². The highest BCUT2D eigenvalue weighted by atomic mass is 32.2. The number of nitrogens with one attached hydrogen (secondary N) is 1. The van der Waals surface area contributed by atoms with E-state index in [9.17, 15) is 13.6 Å². The van der Waals surface area contributed by atoms with E-state index in [1.54, 1.807) is 24.3 Å². The molecule has 0 heterocycles. The summed E-state index contributed by atoms with van der Waals surface area (Å²) in [7, 11) is 0. The van der Waals surface area contributed by atoms with Gasteiger partial charge in [-0.1, -0.05) is 24.3 Å². The Balaban J connectivity index is 1.76. The van der Waals surface area contributed by atoms with Crippen molar-refractivity contribution >= 4 is 17.7 Å². The largest absolute Gasteiger partial charge is 0.353 e. The third-order valence-electron chi connectivity index (χ3n) is 3.67. The Morgan fingerprint density at radius 1 is 1.00 bits per heavy atom. The molecule has 1 aliphatic rings. The maximum absolute atomic E-state index is 13.1. The molecule has 1 fully saturated rings. The van der Waals surface area contributed by atoms with E-state index in [1.165, 1.54) is 36.0 Å². The molecule has 0 atom stereocenters. The second-order valence-electron chi connectivity index (χ2n) is 5.64. The average Bonchev–Trinajstić information content (AvgIpc) is 3.35. The van der Waals surface area contributed by atoms with Gasteiger partial charge in [0.15, 0.2) is 0 Å². The Hall–Kier alpha value is -1.88. The van der Waals surface area contributed by atoms with Gasteiger partial charge in [-0.2, -0.15) is 0 Å². The van der Waals surface area contributed by atoms with Gasteiger partial charge in [0.25, 0.3) is 0 Å². The van der Waals surface area contributed by atoms with E-state index in [0.29, 0.717) is 11.8 Å². The van der Waals surface area contributed by atoms with Gasteiger partial charge in [-0.3, -0.25) is 4.79 Å². The number of rotatable bonds is 6. The first-order valence-electron chi connectivity index (χ1n) is 7.54. The van der Waals surface area contributed by atoms with Crippen molar-refractivity contribution in [1.82, 2.24) is 5.32 Å². The van der Waals surface area contributed by atoms with E-state index in [1.807, 2.05) is 0 Å². The number of hydrogen-bond acceptors (Lipinski definition) is 2. The van der Waals surface area contributed by atoms with E-state index < -0.39 is 0 Å². The van der Waals surface area contributed by atoms with Crippen LogP contribution < -0.4 is 5.32 Å². The van der Waals surface area contributed by atoms with Crippen LogP contribution in [0.2, 0.25) is 0 Å². The summed E-state index contributed by atoms with van der Waals surface area (Å²) < 4.78 is 26.3. The number of benzene rings is 2. The third-order valence-corrected chi connectivity index (χ3v) is 4.98. The molecule has 1 N–H and O–H groups in total. The van der Waals surface area contributed by atoms with Crippen LogP contribution in [0.3, 0.4) is 0 Å². The average molecular weight is 333 g/mol. The number of thioether (sulfide) groups is 1. The highest BCUT2D eigenvalue weighted by Crippen LogP contribution is 2.35. The minimum absolute atomic E-state index is 0.00623. The third kappa shape index (κ3) is 4.55. The molecule has 0 aromatic heterocycles. The van der Waals surface area contributed by atoms with Gasteiger partial charge in [0.05, 0.1) is 11.0 Å². The number of carbonyl (C=O) groups is 1. The van der Waals surface area contributed by atoms with Gasteiger partial charge in [0, 0.05) is 6.04 Å². The van der Waals surface area contributed by atoms with Crippen molar-refractivity contribution < 1.29 is 13.6 Å². The molecule has 1 saturated carbocycles. The molecule has 2 aromatic rings. The first-order valence-corrected chi connectivity index (χ1v) is 8.58. The SMILES string of the molecule is O=C(CSC(c1ccc(F)cc1)c1ccc(F)cc1)NC1CC1. The Kier molecular flexibility index (Phi) is 4.96. The van der Waals surface area contributed by atoms with Crippen molar-refractivity contribution in [3.63, 3.8) is 0 Å². The molecule has 2 aromatic carbocycles. The molecular weight excluding hydrogens is 316 g/mol. The Morgan fingerprint density at radius 3 is 1.91 bits per heavy atom. The van der Waals surface area contributed by atoms with Crippen LogP contribution >= 0.6 is 11.8 Å². The van der Waals surface area contributed by atoms with Crippen molar-refractivity contribution in [3.8, 4) is 0 Å². The van der Waals surface area contributed by atoms with Gasteiger partial charge >= 0.3 is 0 Å². The first-order chi connectivity index (χ1) is 11.1. The van der Waals surface area contributed by atoms with Gasteiger partial charge in [0.2, 0.25) is 5.91 Å². The summed E-state index contributed by atoms with van der Waals surface area (Å²) in [5.74, 6) is -0.284. The van der Waals surface area contributed by atoms with Crippen molar-refractivity contribution in [1.29, 1.82) is 0 Å². The molecule has 0 bridgehead atoms. The maximum Gasteiger partial charge on any atom is 0.230 e. The van der Waals surface area contributed by atoms with Gasteiger partial charge in [-0.15, -0.1) is 11.8 Å². The Labute approximate surface area is 138 Å². The molecule has 2 nitrogen and oxygen atoms in total. The zero-order valence-electron chi connectivity index (χ0n) is 12.5. The highest BCUT2D eigenvalue weighted by Gasteiger charge is 2.24. The quantitative estimate of drug-likeness (QED) is 0.863. The minimum Gasteiger partial charge on any atom is -0.353 e. The Morgan fingerprint density at radius 2 is 1.48 bits per heavy atom. The van der Waals surface area contributed by atoms with Crippen molar-refractivity contribution in [3.05, 3.63) is 71.3 Å². The van der Waals surface area contributed by atoms with Crippen LogP contribution in [0.4, 0.5) is 8.78 Å². The van der Waals surface area contributed by atoms with Gasteiger partial charge in [-0.25, -0.2) is 8.78 Å². The van der Waals surface area contributed by atoms with Crippen LogP contribution in [0, 0.1) is 11.6 Å². The topological polar surface area (TPSA) is 29.1 Å². The molecule has 0 radical (unpaired) electrons. The lowest BCUT2D eigenvalue weighted by Crippen LogP contribution is -2.27. The molecule has 1 aliphatic carbocycles. The van der Waals surface area contributed by atoms with Crippen molar-refractivity contribution in [2.24, 2.45) is 0 Å². The first kappa shape index (κ1) is 16.0. The summed E-state index contributed by atoms with van der Waals surface area (Å²) in [4.78, 5) is 11.9. The zero-order valence-corrected chi connectivity index (χ0v) is 13.3. The maximum atomic E-state index is 13.1. The zero-order chi connectivity index (χ0) is 16.2. The summed E-state index contributed by atoms with van der Waals surface area (Å²) in [5.41, 5.74) is 1.78. The fourth-order valence-corrected chi connectivity index (χ4v) is 3.42. The molecule has 0 aliphatic heterocycles. The van der Waals surface area contributed by atoms with E-state index in [-0.39, 0.29) is 22.8 Å². The van der Waals surface area contributed by atoms with Crippen LogP contribution in [0.25, 0.3) is 0 Å². The van der Waals surface area contributed by atoms with Crippen LogP contribution in [0.5, 0.6) is 0 Å². The molecule has 0 unspecified atom stereocenters. The molecule has 3 rings (SSSR count). The summed E-state index contributed by atoms with van der Waals surface area (Å²) in [6, 6.07) is 12.7. The lowest BCUT2D eigenvalue weighted by atomic mass is 10.0. The standard InChI is InChI=1S/C18H17F2NOS/c19-14-5-1-12(2-6-14)18(13-3-7-15(20)8-4-13)23-11-17(22)21-16-9-10-16/h1-8,16,18H,9-11H2,(H,21,22). The second-order valence-corrected chi connectivity index (χ2v) is 6.73. The minimum atomic E-state index is -0.303. The van der Waals surface area contributed by atoms with Gasteiger partial charge in [0.1, 0.15) is 11.6 Å². The smallest absolute Gasteiger partial charge is 0.230 e. The fourth-order valence-electron chi connectivity index (χ4n) is 2.32. The molecule has 0 spiro atoms. The monoisotopic (exact) mass is 333 g/mol. The van der Waals surface area contributed by atoms with Crippen LogP contribution in [0.1, 0.15) is 29.2 Å². The molecule has 1 amide bonds. The summed E-state index contributed by atoms with van der Waals surface area (Å²) in [6.45, 7) is 0. The van der Waals surface area contributed by atoms with Crippen molar-refractivity contribution in [2.75, 3.05) is 5.75 Å². The van der Waals surface area contributed by atoms with Gasteiger partial charge in [-0.05, 0) is 48.2 Å². The summed E-state index contributed by atoms with van der Waals surface area (Å²) in [6.07, 6.45) is 2.10. The summed E-state index contributed by atoms with van der Waals surface area (Å²) in [5, 5.41) is 2.81. The predicted molar refractivity (Wildman–Crippen MR) is 88.3 cm³/mol. The van der Waals surface area contributed by atoms with Gasteiger partial charge < -0.3 is 5.32 Å². The lowest BCUT2D eigenvalue weighted by Gasteiger charge is -2.17. The van der Waals surface area contributed by atoms with Crippen molar-refractivity contribution in [2.45, 2.75) is 24.1 Å². The molecule has 23 heavy (non-hydrogen) atoms. The number of amides is 1. The van der Waals surface area contributed by atoms with E-state index in [2.05, 4.69) is 5.32 Å². The molecular formula is C18H17F2NOS. The normalized spacial score (nSPS) is 14.0. The Bertz CT molecular complexity index is 623. The van der Waals surface area contributed by atoms with E-state index in [0.717, 1.165) is 24.0 Å². The molecule has 5 heteroatoms. The van der Waals surface area contributed by atoms with Crippen LogP contribution in [-0.2, 0) is 4.79 Å². The van der Waals surface area contributed by atoms with E-state index >= 15 is 0 Å². The fraction of sp³-hybridized carbons (Fsp3) is 0.278. The number of hydrogen-bond donors (Lipinski definition) is 1. The number of halogens is 2. The second kappa shape index (κ2) is 7.13. The number of carbonyl (C=O) groups excluding carboxylic acids is 1. The molecule has 0 saturated heterocycles. The highest BCUT2D eigenvalue weighted by molar-refractivity contribution is 8.00. The molecule has 120 valence electrons.